The van der Waals surface area contributed by atoms with Crippen molar-refractivity contribution in [2.75, 3.05) is 42.6 Å². The fraction of sp³-hybridized carbons (Fsp3) is 0.724. The Balaban J connectivity index is 1.34. The number of quaternary nitrogens is 1. The quantitative estimate of drug-likeness (QED) is 0.508. The zero-order chi connectivity index (χ0) is 28.8. The first-order valence-electron chi connectivity index (χ1n) is 14.5. The highest BCUT2D eigenvalue weighted by molar-refractivity contribution is 5.90. The van der Waals surface area contributed by atoms with E-state index in [0.717, 1.165) is 12.8 Å². The molecule has 0 bridgehead atoms. The molecule has 1 aliphatic carbocycles. The number of nitrogens with one attached hydrogen (secondary N) is 1. The van der Waals surface area contributed by atoms with Gasteiger partial charge in [-0.1, -0.05) is 20.8 Å². The number of hydrogen-bond donors (Lipinski definition) is 2. The first-order chi connectivity index (χ1) is 19.0. The van der Waals surface area contributed by atoms with Crippen molar-refractivity contribution in [3.63, 3.8) is 0 Å². The molecule has 4 aliphatic rings. The van der Waals surface area contributed by atoms with Gasteiger partial charge in [-0.15, -0.1) is 0 Å². The number of carbonyl (C=O) groups excluding carboxylic acids is 2. The van der Waals surface area contributed by atoms with Crippen LogP contribution in [0.4, 0.5) is 20.6 Å². The van der Waals surface area contributed by atoms with Gasteiger partial charge in [0.15, 0.2) is 11.9 Å². The third-order valence-corrected chi connectivity index (χ3v) is 9.48. The second-order valence-corrected chi connectivity index (χ2v) is 12.4. The number of amides is 2. The number of carbonyl (C=O) groups is 2. The molecule has 4 fully saturated rings. The van der Waals surface area contributed by atoms with Crippen LogP contribution in [-0.2, 0) is 19.0 Å². The number of anilines is 2. The highest BCUT2D eigenvalue weighted by Crippen LogP contribution is 2.44. The van der Waals surface area contributed by atoms with Crippen molar-refractivity contribution in [3.8, 4) is 0 Å². The minimum atomic E-state index is -1.09. The predicted molar refractivity (Wildman–Crippen MR) is 145 cm³/mol. The lowest BCUT2D eigenvalue weighted by atomic mass is 9.62. The lowest BCUT2D eigenvalue weighted by Gasteiger charge is -2.53. The van der Waals surface area contributed by atoms with E-state index in [9.17, 15) is 19.9 Å². The number of nitrogens with zero attached hydrogens (tertiary/aromatic N) is 2. The molecule has 6 atom stereocenters. The molecular weight excluding hydrogens is 521 g/mol. The maximum absolute atomic E-state index is 15.5. The topological polar surface area (TPSA) is 116 Å². The van der Waals surface area contributed by atoms with Gasteiger partial charge in [0, 0.05) is 38.3 Å². The van der Waals surface area contributed by atoms with E-state index in [1.807, 2.05) is 18.7 Å². The van der Waals surface area contributed by atoms with E-state index < -0.39 is 40.3 Å². The van der Waals surface area contributed by atoms with Gasteiger partial charge in [0.25, 0.3) is 0 Å². The van der Waals surface area contributed by atoms with Crippen LogP contribution in [0.2, 0.25) is 0 Å². The fourth-order valence-electron chi connectivity index (χ4n) is 7.50. The van der Waals surface area contributed by atoms with Crippen molar-refractivity contribution in [2.24, 2.45) is 17.8 Å². The Kier molecular flexibility index (Phi) is 8.15. The number of cyclic esters (lactones) is 1. The molecular formula is C29H42FN3O7. The average molecular weight is 564 g/mol. The van der Waals surface area contributed by atoms with Gasteiger partial charge in [0.05, 0.1) is 38.1 Å². The third kappa shape index (κ3) is 5.11. The van der Waals surface area contributed by atoms with Crippen LogP contribution in [0.25, 0.3) is 0 Å². The summed E-state index contributed by atoms with van der Waals surface area (Å²) in [7, 11) is 0. The van der Waals surface area contributed by atoms with Crippen LogP contribution >= 0.6 is 0 Å². The van der Waals surface area contributed by atoms with Crippen LogP contribution in [0.5, 0.6) is 0 Å². The maximum Gasteiger partial charge on any atom is 0.414 e. The van der Waals surface area contributed by atoms with Gasteiger partial charge < -0.3 is 34.5 Å². The molecule has 1 spiro atoms. The normalized spacial score (nSPS) is 33.0. The summed E-state index contributed by atoms with van der Waals surface area (Å²) >= 11 is 0. The summed E-state index contributed by atoms with van der Waals surface area (Å²) in [6.45, 7) is 8.83. The molecule has 10 nitrogen and oxygen atoms in total. The van der Waals surface area contributed by atoms with Crippen LogP contribution in [0, 0.1) is 28.8 Å². The molecule has 3 saturated heterocycles. The lowest BCUT2D eigenvalue weighted by Crippen LogP contribution is -3.21. The molecule has 1 aromatic rings. The van der Waals surface area contributed by atoms with Crippen LogP contribution in [0.3, 0.4) is 0 Å². The molecule has 0 aromatic heterocycles. The summed E-state index contributed by atoms with van der Waals surface area (Å²) in [6, 6.07) is 4.68. The number of ether oxygens (including phenoxy) is 3. The Labute approximate surface area is 234 Å². The van der Waals surface area contributed by atoms with Crippen LogP contribution in [0.1, 0.15) is 59.8 Å². The van der Waals surface area contributed by atoms with Gasteiger partial charge in [-0.25, -0.2) is 14.0 Å². The van der Waals surface area contributed by atoms with Gasteiger partial charge in [-0.3, -0.25) is 4.90 Å². The number of halogens is 1. The molecule has 222 valence electrons. The molecule has 2 amide bonds. The van der Waals surface area contributed by atoms with Crippen molar-refractivity contribution in [1.82, 2.24) is 0 Å². The van der Waals surface area contributed by atoms with Gasteiger partial charge in [0.2, 0.25) is 0 Å². The summed E-state index contributed by atoms with van der Waals surface area (Å²) in [5.74, 6) is -1.48. The SMILES string of the molecule is CC(=O)[NH+]([O-])C1(C2CN(c3ccc(N4CCC5(CC4)OCC(CO)O5)c(F)c3)C(=O)O2)CC(C)CCC1C(C)C. The summed E-state index contributed by atoms with van der Waals surface area (Å²) in [5.41, 5.74) is -0.321. The number of hydrogen-bond acceptors (Lipinski definition) is 8. The monoisotopic (exact) mass is 563 g/mol. The molecule has 6 unspecified atom stereocenters. The number of piperidine rings is 1. The summed E-state index contributed by atoms with van der Waals surface area (Å²) in [6.07, 6.45) is 1.55. The van der Waals surface area contributed by atoms with E-state index in [-0.39, 0.29) is 37.0 Å². The van der Waals surface area contributed by atoms with Gasteiger partial charge in [0.1, 0.15) is 17.5 Å². The third-order valence-electron chi connectivity index (χ3n) is 9.48. The van der Waals surface area contributed by atoms with Crippen LogP contribution in [0.15, 0.2) is 18.2 Å². The van der Waals surface area contributed by atoms with Crippen molar-refractivity contribution < 1.29 is 38.4 Å². The largest absolute Gasteiger partial charge is 0.626 e. The number of aliphatic hydroxyl groups is 1. The molecule has 3 heterocycles. The van der Waals surface area contributed by atoms with Gasteiger partial charge >= 0.3 is 12.0 Å². The summed E-state index contributed by atoms with van der Waals surface area (Å²) < 4.78 is 33.0. The molecule has 0 radical (unpaired) electrons. The zero-order valence-corrected chi connectivity index (χ0v) is 23.9. The van der Waals surface area contributed by atoms with Crippen molar-refractivity contribution >= 4 is 23.4 Å². The standard InChI is InChI=1S/C29H42FN3O7/c1-18(2)23-7-5-19(3)14-29(23,33(37)20(4)35)26-15-32(27(36)39-26)21-6-8-25(24(30)13-21)31-11-9-28(10-12-31)38-17-22(16-34)40-28/h6,8,13,18-19,22-23,26,33-34H,5,7,9-12,14-17H2,1-4H3. The van der Waals surface area contributed by atoms with Gasteiger partial charge in [-0.2, -0.15) is 0 Å². The highest BCUT2D eigenvalue weighted by Gasteiger charge is 2.60. The number of aliphatic hydroxyl groups excluding tert-OH is 1. The van der Waals surface area contributed by atoms with Gasteiger partial charge in [-0.05, 0) is 42.9 Å². The zero-order valence-electron chi connectivity index (χ0n) is 23.9. The Morgan fingerprint density at radius 2 is 2.00 bits per heavy atom. The van der Waals surface area contributed by atoms with Crippen molar-refractivity contribution in [3.05, 3.63) is 29.2 Å². The average Bonchev–Trinajstić information content (AvgIpc) is 3.52. The first-order valence-corrected chi connectivity index (χ1v) is 14.5. The Morgan fingerprint density at radius 3 is 2.60 bits per heavy atom. The van der Waals surface area contributed by atoms with E-state index in [0.29, 0.717) is 50.3 Å². The number of hydroxylamine groups is 2. The predicted octanol–water partition coefficient (Wildman–Crippen LogP) is 2.62. The number of rotatable bonds is 6. The number of benzene rings is 1. The lowest BCUT2D eigenvalue weighted by molar-refractivity contribution is -0.843. The Bertz CT molecular complexity index is 1110. The smallest absolute Gasteiger partial charge is 0.414 e. The van der Waals surface area contributed by atoms with Crippen LogP contribution < -0.4 is 14.9 Å². The van der Waals surface area contributed by atoms with E-state index in [4.69, 9.17) is 14.2 Å². The molecule has 40 heavy (non-hydrogen) atoms. The maximum atomic E-state index is 15.5. The van der Waals surface area contributed by atoms with E-state index in [1.165, 1.54) is 17.9 Å². The molecule has 1 saturated carbocycles. The Morgan fingerprint density at radius 1 is 1.27 bits per heavy atom. The Hall–Kier alpha value is -2.31. The minimum absolute atomic E-state index is 0.0829. The molecule has 3 aliphatic heterocycles. The second kappa shape index (κ2) is 11.2. The fourth-order valence-corrected chi connectivity index (χ4v) is 7.50. The minimum Gasteiger partial charge on any atom is -0.626 e. The summed E-state index contributed by atoms with van der Waals surface area (Å²) in [4.78, 5) is 28.9. The molecule has 2 N–H and O–H groups in total. The van der Waals surface area contributed by atoms with E-state index in [1.54, 1.807) is 12.1 Å². The van der Waals surface area contributed by atoms with Crippen molar-refractivity contribution in [1.29, 1.82) is 0 Å². The summed E-state index contributed by atoms with van der Waals surface area (Å²) in [5, 5.41) is 22.4. The second-order valence-electron chi connectivity index (χ2n) is 12.4. The first kappa shape index (κ1) is 29.2. The van der Waals surface area contributed by atoms with Crippen molar-refractivity contribution in [2.45, 2.75) is 83.3 Å². The molecule has 5 rings (SSSR count). The van der Waals surface area contributed by atoms with E-state index >= 15 is 4.39 Å². The highest BCUT2D eigenvalue weighted by atomic mass is 19.1. The van der Waals surface area contributed by atoms with E-state index in [2.05, 4.69) is 6.92 Å². The van der Waals surface area contributed by atoms with Crippen LogP contribution in [-0.4, -0.2) is 73.5 Å². The molecule has 1 aromatic carbocycles. The molecule has 11 heteroatoms.